The first kappa shape index (κ1) is 36.7. The molecule has 1 aromatic heterocycles. The Bertz CT molecular complexity index is 1760. The van der Waals surface area contributed by atoms with E-state index in [4.69, 9.17) is 30.8 Å². The molecule has 1 aromatic carbocycles. The average molecular weight is 725 g/mol. The summed E-state index contributed by atoms with van der Waals surface area (Å²) in [6.07, 6.45) is 4.21. The molecule has 12 nitrogen and oxygen atoms in total. The molecule has 3 amide bonds. The number of aliphatic carboxylic acids is 1. The van der Waals surface area contributed by atoms with Crippen LogP contribution < -0.4 is 20.1 Å². The van der Waals surface area contributed by atoms with Crippen LogP contribution in [-0.2, 0) is 19.1 Å². The van der Waals surface area contributed by atoms with Crippen LogP contribution in [0, 0.1) is 23.2 Å². The van der Waals surface area contributed by atoms with Crippen LogP contribution in [0.4, 0.5) is 4.79 Å². The summed E-state index contributed by atoms with van der Waals surface area (Å²) in [6.45, 7) is 11.3. The van der Waals surface area contributed by atoms with Gasteiger partial charge in [-0.05, 0) is 80.9 Å². The Balaban J connectivity index is 1.30. The number of methoxy groups -OCH3 is 1. The molecule has 3 aliphatic carbocycles. The van der Waals surface area contributed by atoms with Crippen LogP contribution in [-0.4, -0.2) is 82.4 Å². The standard InChI is InChI=1S/C38H49ClN4O8/c1-8-22-17-38(22,35(46)47)42-33(44)27-16-25(50-29-15-23(11-19(2)3)40-31-26(29)9-10-28(49-7)30(31)39)18-43(27)34(45)32(37(4,5)6)41-36(48)51-24-13-20-12-21(20)14-24/h9-11,15,20-22,24-25,27,32H,8,12-14,16-18H2,1-7H3,(H,41,48)(H,42,44)(H,46,47)/t20-,21+,22-,24?,25-,27+,32-,38-/m1/s1. The van der Waals surface area contributed by atoms with Crippen molar-refractivity contribution in [1.82, 2.24) is 20.5 Å². The van der Waals surface area contributed by atoms with Crippen LogP contribution in [0.5, 0.6) is 11.5 Å². The number of carboxylic acid groups (broad SMARTS) is 1. The smallest absolute Gasteiger partial charge is 0.408 e. The Morgan fingerprint density at radius 3 is 2.39 bits per heavy atom. The van der Waals surface area contributed by atoms with Gasteiger partial charge in [-0.2, -0.15) is 0 Å². The molecule has 2 heterocycles. The third-order valence-corrected chi connectivity index (χ3v) is 11.2. The third kappa shape index (κ3) is 7.47. The number of carboxylic acids is 1. The number of nitrogens with zero attached hydrogens (tertiary/aromatic N) is 2. The molecule has 276 valence electrons. The number of likely N-dealkylation sites (tertiary alicyclic amines) is 1. The molecule has 0 radical (unpaired) electrons. The van der Waals surface area contributed by atoms with E-state index in [1.165, 1.54) is 18.4 Å². The quantitative estimate of drug-likeness (QED) is 0.254. The van der Waals surface area contributed by atoms with Gasteiger partial charge in [0.15, 0.2) is 0 Å². The van der Waals surface area contributed by atoms with Crippen LogP contribution in [0.25, 0.3) is 17.0 Å². The second-order valence-corrected chi connectivity index (χ2v) is 16.4. The van der Waals surface area contributed by atoms with Gasteiger partial charge in [-0.3, -0.25) is 9.59 Å². The van der Waals surface area contributed by atoms with Crippen LogP contribution in [0.3, 0.4) is 0 Å². The van der Waals surface area contributed by atoms with Gasteiger partial charge < -0.3 is 34.9 Å². The minimum atomic E-state index is -1.39. The molecule has 8 atom stereocenters. The van der Waals surface area contributed by atoms with Gasteiger partial charge >= 0.3 is 12.1 Å². The number of hydrogen-bond acceptors (Lipinski definition) is 8. The number of alkyl carbamates (subject to hydrolysis) is 1. The molecule has 1 aliphatic heterocycles. The van der Waals surface area contributed by atoms with E-state index in [0.717, 1.165) is 18.4 Å². The average Bonchev–Trinajstić information content (AvgIpc) is 3.86. The number of rotatable bonds is 11. The number of benzene rings is 1. The van der Waals surface area contributed by atoms with Gasteiger partial charge in [-0.1, -0.05) is 51.3 Å². The van der Waals surface area contributed by atoms with Crippen molar-refractivity contribution in [1.29, 1.82) is 0 Å². The lowest BCUT2D eigenvalue weighted by atomic mass is 9.85. The van der Waals surface area contributed by atoms with Crippen molar-refractivity contribution < 1.29 is 38.5 Å². The highest BCUT2D eigenvalue weighted by Gasteiger charge is 2.61. The van der Waals surface area contributed by atoms with Crippen LogP contribution in [0.2, 0.25) is 5.02 Å². The molecule has 13 heteroatoms. The summed E-state index contributed by atoms with van der Waals surface area (Å²) in [4.78, 5) is 60.2. The zero-order valence-corrected chi connectivity index (χ0v) is 31.1. The fourth-order valence-corrected chi connectivity index (χ4v) is 8.16. The van der Waals surface area contributed by atoms with Crippen molar-refractivity contribution in [2.24, 2.45) is 23.2 Å². The number of amides is 3. The normalized spacial score (nSPS) is 28.4. The van der Waals surface area contributed by atoms with Crippen molar-refractivity contribution in [2.45, 2.75) is 110 Å². The number of hydrogen-bond donors (Lipinski definition) is 3. The highest BCUT2D eigenvalue weighted by atomic mass is 35.5. The predicted molar refractivity (Wildman–Crippen MR) is 192 cm³/mol. The summed E-state index contributed by atoms with van der Waals surface area (Å²) < 4.78 is 17.8. The Morgan fingerprint density at radius 1 is 1.10 bits per heavy atom. The molecule has 1 unspecified atom stereocenters. The molecular formula is C38H49ClN4O8. The van der Waals surface area contributed by atoms with E-state index in [0.29, 0.717) is 57.8 Å². The fourth-order valence-electron chi connectivity index (χ4n) is 7.87. The van der Waals surface area contributed by atoms with Crippen molar-refractivity contribution in [3.8, 4) is 11.5 Å². The summed E-state index contributed by atoms with van der Waals surface area (Å²) in [5.74, 6) is -0.237. The molecule has 51 heavy (non-hydrogen) atoms. The first-order chi connectivity index (χ1) is 24.0. The topological polar surface area (TPSA) is 156 Å². The summed E-state index contributed by atoms with van der Waals surface area (Å²) in [6, 6.07) is 3.21. The SMILES string of the molecule is CC[C@@H]1C[C@]1(NC(=O)[C@@H]1C[C@@H](Oc2cc(C=C(C)C)nc3c(Cl)c(OC)ccc23)CN1C(=O)[C@@H](NC(=O)OC1C[C@@H]2C[C@@H]2C1)C(C)(C)C)C(=O)O. The van der Waals surface area contributed by atoms with Gasteiger partial charge in [-0.15, -0.1) is 0 Å². The van der Waals surface area contributed by atoms with Crippen molar-refractivity contribution in [3.63, 3.8) is 0 Å². The zero-order valence-electron chi connectivity index (χ0n) is 30.4. The molecule has 4 aliphatic rings. The number of allylic oxidation sites excluding steroid dienone is 1. The largest absolute Gasteiger partial charge is 0.495 e. The van der Waals surface area contributed by atoms with Gasteiger partial charge in [0.05, 0.1) is 24.9 Å². The summed E-state index contributed by atoms with van der Waals surface area (Å²) in [5.41, 5.74) is -0.0626. The molecular weight excluding hydrogens is 676 g/mol. The zero-order chi connectivity index (χ0) is 37.0. The number of halogens is 1. The number of carbonyl (C=O) groups excluding carboxylic acids is 3. The monoisotopic (exact) mass is 724 g/mol. The van der Waals surface area contributed by atoms with E-state index in [1.54, 1.807) is 18.2 Å². The minimum absolute atomic E-state index is 0.00910. The van der Waals surface area contributed by atoms with Gasteiger partial charge in [0.1, 0.15) is 46.4 Å². The van der Waals surface area contributed by atoms with E-state index in [2.05, 4.69) is 10.6 Å². The van der Waals surface area contributed by atoms with Crippen LogP contribution in [0.15, 0.2) is 23.8 Å². The summed E-state index contributed by atoms with van der Waals surface area (Å²) in [5, 5.41) is 16.6. The second-order valence-electron chi connectivity index (χ2n) is 16.0. The minimum Gasteiger partial charge on any atom is -0.495 e. The first-order valence-corrected chi connectivity index (χ1v) is 18.2. The van der Waals surface area contributed by atoms with Gasteiger partial charge in [-0.25, -0.2) is 14.6 Å². The van der Waals surface area contributed by atoms with Gasteiger partial charge in [0.25, 0.3) is 0 Å². The van der Waals surface area contributed by atoms with E-state index in [9.17, 15) is 24.3 Å². The number of ether oxygens (including phenoxy) is 3. The number of carbonyl (C=O) groups is 4. The molecule has 2 aromatic rings. The van der Waals surface area contributed by atoms with Crippen molar-refractivity contribution in [2.75, 3.05) is 13.7 Å². The maximum Gasteiger partial charge on any atom is 0.408 e. The van der Waals surface area contributed by atoms with Crippen LogP contribution >= 0.6 is 11.6 Å². The number of nitrogens with one attached hydrogen (secondary N) is 2. The van der Waals surface area contributed by atoms with Gasteiger partial charge in [0.2, 0.25) is 11.8 Å². The lowest BCUT2D eigenvalue weighted by Gasteiger charge is -2.35. The summed E-state index contributed by atoms with van der Waals surface area (Å²) in [7, 11) is 1.52. The predicted octanol–water partition coefficient (Wildman–Crippen LogP) is 5.98. The highest BCUT2D eigenvalue weighted by molar-refractivity contribution is 6.36. The Kier molecular flexibility index (Phi) is 9.95. The highest BCUT2D eigenvalue weighted by Crippen LogP contribution is 2.52. The molecule has 6 rings (SSSR count). The third-order valence-electron chi connectivity index (χ3n) is 10.8. The van der Waals surface area contributed by atoms with Gasteiger partial charge in [0, 0.05) is 17.9 Å². The van der Waals surface area contributed by atoms with Crippen LogP contribution in [0.1, 0.15) is 85.8 Å². The van der Waals surface area contributed by atoms with Crippen molar-refractivity contribution >= 4 is 52.5 Å². The fraction of sp³-hybridized carbons (Fsp3) is 0.605. The summed E-state index contributed by atoms with van der Waals surface area (Å²) >= 11 is 6.70. The molecule has 0 spiro atoms. The Hall–Kier alpha value is -4.06. The number of fused-ring (bicyclic) bond motifs is 2. The Labute approximate surface area is 303 Å². The van der Waals surface area contributed by atoms with E-state index >= 15 is 0 Å². The van der Waals surface area contributed by atoms with E-state index < -0.39 is 53.0 Å². The second kappa shape index (κ2) is 13.8. The maximum absolute atomic E-state index is 14.5. The lowest BCUT2D eigenvalue weighted by Crippen LogP contribution is -2.59. The first-order valence-electron chi connectivity index (χ1n) is 17.9. The molecule has 3 N–H and O–H groups in total. The number of pyridine rings is 1. The number of aromatic nitrogens is 1. The molecule has 4 fully saturated rings. The van der Waals surface area contributed by atoms with Crippen molar-refractivity contribution in [3.05, 3.63) is 34.5 Å². The molecule has 1 saturated heterocycles. The molecule has 3 saturated carbocycles. The lowest BCUT2D eigenvalue weighted by molar-refractivity contribution is -0.146. The van der Waals surface area contributed by atoms with E-state index in [-0.39, 0.29) is 25.0 Å². The maximum atomic E-state index is 14.5. The molecule has 0 bridgehead atoms. The Morgan fingerprint density at radius 2 is 1.80 bits per heavy atom. The van der Waals surface area contributed by atoms with E-state index in [1.807, 2.05) is 47.6 Å².